The summed E-state index contributed by atoms with van der Waals surface area (Å²) >= 11 is 0. The predicted octanol–water partition coefficient (Wildman–Crippen LogP) is -0.534. The third-order valence-corrected chi connectivity index (χ3v) is 1.33. The second-order valence-electron chi connectivity index (χ2n) is 2.02. The summed E-state index contributed by atoms with van der Waals surface area (Å²) in [5.74, 6) is 0. The van der Waals surface area contributed by atoms with Gasteiger partial charge < -0.3 is 4.74 Å². The monoisotopic (exact) mass is 115 g/mol. The van der Waals surface area contributed by atoms with Gasteiger partial charge >= 0.3 is 0 Å². The number of hydrogen-bond donors (Lipinski definition) is 0. The highest BCUT2D eigenvalue weighted by molar-refractivity contribution is 4.69. The Labute approximate surface area is 49.6 Å². The Morgan fingerprint density at radius 1 is 1.75 bits per heavy atom. The number of hydrogen-bond acceptors (Lipinski definition) is 2. The molecule has 1 atom stereocenters. The number of nitrogens with zero attached hydrogens (tertiary/aromatic N) is 2. The molecule has 8 heavy (non-hydrogen) atoms. The number of ether oxygens (including phenoxy) is 1. The molecule has 0 aromatic rings. The maximum absolute atomic E-state index is 5.05. The second kappa shape index (κ2) is 2.44. The van der Waals surface area contributed by atoms with Crippen LogP contribution in [-0.4, -0.2) is 38.4 Å². The minimum Gasteiger partial charge on any atom is -0.379 e. The fourth-order valence-corrected chi connectivity index (χ4v) is 0.790. The fourth-order valence-electron chi connectivity index (χ4n) is 0.790. The lowest BCUT2D eigenvalue weighted by Crippen LogP contribution is -2.19. The van der Waals surface area contributed by atoms with Crippen LogP contribution in [0.4, 0.5) is 0 Å². The quantitative estimate of drug-likeness (QED) is 0.459. The van der Waals surface area contributed by atoms with E-state index in [0.29, 0.717) is 6.10 Å². The van der Waals surface area contributed by atoms with Crippen molar-refractivity contribution in [1.29, 1.82) is 0 Å². The number of methoxy groups -OCH3 is 1. The van der Waals surface area contributed by atoms with E-state index >= 15 is 0 Å². The summed E-state index contributed by atoms with van der Waals surface area (Å²) in [4.78, 5) is 0. The van der Waals surface area contributed by atoms with Gasteiger partial charge in [-0.05, 0) is 0 Å². The van der Waals surface area contributed by atoms with Crippen molar-refractivity contribution in [3.8, 4) is 0 Å². The highest BCUT2D eigenvalue weighted by Crippen LogP contribution is 1.98. The summed E-state index contributed by atoms with van der Waals surface area (Å²) < 4.78 is 5.05. The standard InChI is InChI=1S/C5H11N2O/c1-7-4-5(8-2)3-6-7/h5H,3-4H2,1-2H3. The van der Waals surface area contributed by atoms with E-state index in [9.17, 15) is 0 Å². The highest BCUT2D eigenvalue weighted by atomic mass is 16.5. The Hall–Kier alpha value is -0.120. The topological polar surface area (TPSA) is 26.6 Å². The van der Waals surface area contributed by atoms with Gasteiger partial charge in [-0.3, -0.25) is 0 Å². The fraction of sp³-hybridized carbons (Fsp3) is 1.00. The van der Waals surface area contributed by atoms with Crippen LogP contribution in [0.1, 0.15) is 0 Å². The van der Waals surface area contributed by atoms with Gasteiger partial charge in [0.05, 0.1) is 12.6 Å². The summed E-state index contributed by atoms with van der Waals surface area (Å²) in [5, 5.41) is 1.91. The third-order valence-electron chi connectivity index (χ3n) is 1.33. The zero-order valence-electron chi connectivity index (χ0n) is 5.29. The Kier molecular flexibility index (Phi) is 1.83. The average Bonchev–Trinajstić information content (AvgIpc) is 2.14. The Balaban J connectivity index is 2.22. The minimum absolute atomic E-state index is 0.333. The summed E-state index contributed by atoms with van der Waals surface area (Å²) in [6.45, 7) is 1.77. The van der Waals surface area contributed by atoms with Gasteiger partial charge in [-0.25, -0.2) is 5.01 Å². The van der Waals surface area contributed by atoms with Gasteiger partial charge in [-0.1, -0.05) is 0 Å². The molecule has 1 rings (SSSR count). The molecule has 1 radical (unpaired) electrons. The average molecular weight is 115 g/mol. The minimum atomic E-state index is 0.333. The Morgan fingerprint density at radius 2 is 2.50 bits per heavy atom. The van der Waals surface area contributed by atoms with E-state index in [-0.39, 0.29) is 0 Å². The molecule has 0 bridgehead atoms. The lowest BCUT2D eigenvalue weighted by molar-refractivity contribution is 0.119. The van der Waals surface area contributed by atoms with Crippen molar-refractivity contribution in [2.45, 2.75) is 6.10 Å². The van der Waals surface area contributed by atoms with Crippen molar-refractivity contribution < 1.29 is 4.74 Å². The lowest BCUT2D eigenvalue weighted by atomic mass is 10.4. The number of rotatable bonds is 1. The summed E-state index contributed by atoms with van der Waals surface area (Å²) in [6, 6.07) is 0. The van der Waals surface area contributed by atoms with Crippen molar-refractivity contribution in [2.24, 2.45) is 0 Å². The van der Waals surface area contributed by atoms with Crippen LogP contribution in [0.5, 0.6) is 0 Å². The zero-order chi connectivity index (χ0) is 5.98. The van der Waals surface area contributed by atoms with E-state index in [4.69, 9.17) is 4.74 Å². The van der Waals surface area contributed by atoms with Gasteiger partial charge in [0.1, 0.15) is 0 Å². The first-order chi connectivity index (χ1) is 3.83. The lowest BCUT2D eigenvalue weighted by Gasteiger charge is -2.04. The van der Waals surface area contributed by atoms with Gasteiger partial charge in [-0.2, -0.15) is 5.43 Å². The van der Waals surface area contributed by atoms with Crippen LogP contribution in [0.2, 0.25) is 0 Å². The molecule has 0 aromatic heterocycles. The van der Waals surface area contributed by atoms with E-state index < -0.39 is 0 Å². The van der Waals surface area contributed by atoms with Crippen molar-refractivity contribution in [1.82, 2.24) is 10.4 Å². The molecule has 1 fully saturated rings. The van der Waals surface area contributed by atoms with Gasteiger partial charge in [0.15, 0.2) is 0 Å². The van der Waals surface area contributed by atoms with Crippen LogP contribution >= 0.6 is 0 Å². The molecule has 3 heteroatoms. The van der Waals surface area contributed by atoms with E-state index in [1.54, 1.807) is 7.11 Å². The first-order valence-corrected chi connectivity index (χ1v) is 2.74. The van der Waals surface area contributed by atoms with Crippen LogP contribution in [0, 0.1) is 0 Å². The van der Waals surface area contributed by atoms with Gasteiger partial charge in [0, 0.05) is 20.7 Å². The van der Waals surface area contributed by atoms with Gasteiger partial charge in [-0.15, -0.1) is 0 Å². The molecule has 1 aliphatic heterocycles. The molecule has 0 N–H and O–H groups in total. The molecule has 1 unspecified atom stereocenters. The van der Waals surface area contributed by atoms with Gasteiger partial charge in [0.25, 0.3) is 0 Å². The third kappa shape index (κ3) is 1.18. The van der Waals surface area contributed by atoms with Crippen LogP contribution in [0.3, 0.4) is 0 Å². The molecule has 0 saturated carbocycles. The molecule has 47 valence electrons. The molecule has 0 amide bonds. The maximum Gasteiger partial charge on any atom is 0.0868 e. The van der Waals surface area contributed by atoms with Crippen molar-refractivity contribution >= 4 is 0 Å². The molecule has 0 aliphatic carbocycles. The normalized spacial score (nSPS) is 31.5. The molecule has 3 nitrogen and oxygen atoms in total. The van der Waals surface area contributed by atoms with E-state index in [2.05, 4.69) is 5.43 Å². The predicted molar refractivity (Wildman–Crippen MR) is 30.4 cm³/mol. The molecular formula is C5H11N2O. The largest absolute Gasteiger partial charge is 0.379 e. The first kappa shape index (κ1) is 6.01. The molecule has 0 aromatic carbocycles. The van der Waals surface area contributed by atoms with Crippen LogP contribution in [-0.2, 0) is 4.74 Å². The highest BCUT2D eigenvalue weighted by Gasteiger charge is 2.18. The van der Waals surface area contributed by atoms with Crippen LogP contribution in [0.15, 0.2) is 0 Å². The summed E-state index contributed by atoms with van der Waals surface area (Å²) in [6.07, 6.45) is 0.333. The van der Waals surface area contributed by atoms with Crippen LogP contribution < -0.4 is 5.43 Å². The van der Waals surface area contributed by atoms with E-state index in [1.807, 2.05) is 12.1 Å². The maximum atomic E-state index is 5.05. The molecule has 1 aliphatic rings. The van der Waals surface area contributed by atoms with Crippen molar-refractivity contribution in [2.75, 3.05) is 27.2 Å². The first-order valence-electron chi connectivity index (χ1n) is 2.74. The SMILES string of the molecule is COC1C[N]N(C)C1. The zero-order valence-corrected chi connectivity index (χ0v) is 5.29. The molecule has 1 saturated heterocycles. The van der Waals surface area contributed by atoms with Crippen molar-refractivity contribution in [3.05, 3.63) is 0 Å². The second-order valence-corrected chi connectivity index (χ2v) is 2.02. The Bertz CT molecular complexity index is 76.8. The van der Waals surface area contributed by atoms with E-state index in [1.165, 1.54) is 0 Å². The molecular weight excluding hydrogens is 104 g/mol. The summed E-state index contributed by atoms with van der Waals surface area (Å²) in [5.41, 5.74) is 4.10. The van der Waals surface area contributed by atoms with Crippen LogP contribution in [0.25, 0.3) is 0 Å². The summed E-state index contributed by atoms with van der Waals surface area (Å²) in [7, 11) is 3.68. The Morgan fingerprint density at radius 3 is 2.75 bits per heavy atom. The van der Waals surface area contributed by atoms with Gasteiger partial charge in [0.2, 0.25) is 0 Å². The molecule has 1 heterocycles. The van der Waals surface area contributed by atoms with E-state index in [0.717, 1.165) is 13.1 Å². The van der Waals surface area contributed by atoms with Crippen molar-refractivity contribution in [3.63, 3.8) is 0 Å². The number of likely N-dealkylation sites (N-methyl/N-ethyl adjacent to an activating group) is 1. The smallest absolute Gasteiger partial charge is 0.0868 e. The molecule has 0 spiro atoms.